The van der Waals surface area contributed by atoms with E-state index in [2.05, 4.69) is 11.8 Å². The van der Waals surface area contributed by atoms with Gasteiger partial charge in [0.2, 0.25) is 0 Å². The molecule has 0 aromatic rings. The standard InChI is InChI=1S/C15H28O4S2/c16-14(5-2-4-11-21-12-10-20-13-21)17-8-9-19-15-6-1-3-7-18-15/h15,21H,1-13H2. The van der Waals surface area contributed by atoms with Crippen LogP contribution in [0.15, 0.2) is 0 Å². The third kappa shape index (κ3) is 7.77. The second kappa shape index (κ2) is 10.8. The number of carbonyl (C=O) groups is 1. The van der Waals surface area contributed by atoms with Crippen molar-refractivity contribution in [3.63, 3.8) is 0 Å². The smallest absolute Gasteiger partial charge is 0.305 e. The summed E-state index contributed by atoms with van der Waals surface area (Å²) in [5.74, 6) is 4.01. The van der Waals surface area contributed by atoms with Crippen molar-refractivity contribution in [1.29, 1.82) is 0 Å². The van der Waals surface area contributed by atoms with Gasteiger partial charge in [0.1, 0.15) is 6.61 Å². The van der Waals surface area contributed by atoms with Crippen molar-refractivity contribution in [3.05, 3.63) is 0 Å². The molecule has 0 aromatic carbocycles. The summed E-state index contributed by atoms with van der Waals surface area (Å²) in [6.45, 7) is 1.58. The molecule has 0 aliphatic carbocycles. The molecular weight excluding hydrogens is 308 g/mol. The maximum Gasteiger partial charge on any atom is 0.305 e. The quantitative estimate of drug-likeness (QED) is 0.398. The van der Waals surface area contributed by atoms with E-state index < -0.39 is 0 Å². The third-order valence-corrected chi connectivity index (χ3v) is 8.51. The van der Waals surface area contributed by atoms with Crippen LogP contribution in [0.1, 0.15) is 38.5 Å². The monoisotopic (exact) mass is 336 g/mol. The SMILES string of the molecule is O=C(CCCC[SH]1CCSC1)OCCOC1CCCCO1. The Bertz CT molecular complexity index is 289. The molecule has 4 nitrogen and oxygen atoms in total. The fraction of sp³-hybridized carbons (Fsp3) is 0.933. The minimum absolute atomic E-state index is 0.0864. The van der Waals surface area contributed by atoms with E-state index >= 15 is 0 Å². The van der Waals surface area contributed by atoms with Crippen molar-refractivity contribution in [2.24, 2.45) is 0 Å². The molecule has 0 saturated carbocycles. The molecule has 2 aliphatic rings. The molecule has 0 amide bonds. The molecule has 6 heteroatoms. The van der Waals surface area contributed by atoms with Gasteiger partial charge in [0.05, 0.1) is 6.61 Å². The molecule has 2 atom stereocenters. The van der Waals surface area contributed by atoms with E-state index in [1.807, 2.05) is 0 Å². The largest absolute Gasteiger partial charge is 0.463 e. The molecule has 0 aromatic heterocycles. The first-order chi connectivity index (χ1) is 10.3. The predicted molar refractivity (Wildman–Crippen MR) is 90.4 cm³/mol. The number of thioether (sulfide) groups is 1. The molecule has 0 spiro atoms. The fourth-order valence-electron chi connectivity index (χ4n) is 2.48. The van der Waals surface area contributed by atoms with Crippen molar-refractivity contribution in [2.45, 2.75) is 44.8 Å². The van der Waals surface area contributed by atoms with E-state index in [1.54, 1.807) is 0 Å². The van der Waals surface area contributed by atoms with Gasteiger partial charge in [0.25, 0.3) is 0 Å². The Morgan fingerprint density at radius 2 is 2.24 bits per heavy atom. The van der Waals surface area contributed by atoms with Crippen LogP contribution >= 0.6 is 22.7 Å². The van der Waals surface area contributed by atoms with E-state index in [0.717, 1.165) is 32.3 Å². The first kappa shape index (κ1) is 17.4. The zero-order valence-electron chi connectivity index (χ0n) is 12.8. The van der Waals surface area contributed by atoms with Gasteiger partial charge >= 0.3 is 5.97 Å². The van der Waals surface area contributed by atoms with Crippen molar-refractivity contribution in [1.82, 2.24) is 0 Å². The van der Waals surface area contributed by atoms with Crippen LogP contribution in [-0.4, -0.2) is 54.4 Å². The summed E-state index contributed by atoms with van der Waals surface area (Å²) in [7, 11) is 0.280. The lowest BCUT2D eigenvalue weighted by molar-refractivity contribution is -0.173. The average Bonchev–Trinajstić information content (AvgIpc) is 3.02. The highest BCUT2D eigenvalue weighted by molar-refractivity contribution is 8.29. The van der Waals surface area contributed by atoms with Gasteiger partial charge in [-0.2, -0.15) is 11.8 Å². The number of hydrogen-bond acceptors (Lipinski definition) is 5. The highest BCUT2D eigenvalue weighted by Gasteiger charge is 2.14. The summed E-state index contributed by atoms with van der Waals surface area (Å²) >= 11 is 2.08. The third-order valence-electron chi connectivity index (χ3n) is 3.72. The molecule has 21 heavy (non-hydrogen) atoms. The summed E-state index contributed by atoms with van der Waals surface area (Å²) in [6, 6.07) is 0. The van der Waals surface area contributed by atoms with Gasteiger partial charge in [0, 0.05) is 23.9 Å². The number of rotatable bonds is 9. The van der Waals surface area contributed by atoms with E-state index in [-0.39, 0.29) is 23.2 Å². The van der Waals surface area contributed by atoms with Gasteiger partial charge < -0.3 is 14.2 Å². The van der Waals surface area contributed by atoms with Gasteiger partial charge in [0.15, 0.2) is 6.29 Å². The van der Waals surface area contributed by atoms with Crippen LogP contribution in [0.4, 0.5) is 0 Å². The topological polar surface area (TPSA) is 44.8 Å². The van der Waals surface area contributed by atoms with Crippen LogP contribution in [-0.2, 0) is 19.0 Å². The number of hydrogen-bond donors (Lipinski definition) is 1. The molecule has 2 unspecified atom stereocenters. The van der Waals surface area contributed by atoms with E-state index in [9.17, 15) is 4.79 Å². The molecule has 0 radical (unpaired) electrons. The molecule has 0 bridgehead atoms. The summed E-state index contributed by atoms with van der Waals surface area (Å²) in [5.41, 5.74) is 0. The average molecular weight is 337 g/mol. The molecule has 0 N–H and O–H groups in total. The van der Waals surface area contributed by atoms with Gasteiger partial charge in [-0.05, 0) is 43.6 Å². The van der Waals surface area contributed by atoms with Crippen molar-refractivity contribution in [3.8, 4) is 0 Å². The highest BCUT2D eigenvalue weighted by atomic mass is 32.2. The second-order valence-electron chi connectivity index (χ2n) is 5.50. The summed E-state index contributed by atoms with van der Waals surface area (Å²) in [5, 5.41) is 1.38. The minimum Gasteiger partial charge on any atom is -0.463 e. The summed E-state index contributed by atoms with van der Waals surface area (Å²) in [6.07, 6.45) is 5.83. The highest BCUT2D eigenvalue weighted by Crippen LogP contribution is 2.38. The predicted octanol–water partition coefficient (Wildman–Crippen LogP) is 2.95. The molecule has 2 aliphatic heterocycles. The van der Waals surface area contributed by atoms with Crippen LogP contribution in [0.5, 0.6) is 0 Å². The fourth-order valence-corrected chi connectivity index (χ4v) is 7.51. The molecule has 124 valence electrons. The summed E-state index contributed by atoms with van der Waals surface area (Å²) < 4.78 is 16.2. The lowest BCUT2D eigenvalue weighted by atomic mass is 10.2. The first-order valence-electron chi connectivity index (χ1n) is 8.03. The molecule has 2 fully saturated rings. The molecular formula is C15H28O4S2. The first-order valence-corrected chi connectivity index (χ1v) is 11.1. The van der Waals surface area contributed by atoms with Gasteiger partial charge in [-0.15, -0.1) is 0 Å². The molecule has 2 saturated heterocycles. The maximum absolute atomic E-state index is 11.6. The van der Waals surface area contributed by atoms with E-state index in [0.29, 0.717) is 19.6 Å². The van der Waals surface area contributed by atoms with Crippen LogP contribution in [0, 0.1) is 0 Å². The Morgan fingerprint density at radius 3 is 3.00 bits per heavy atom. The Hall–Kier alpha value is 0.0900. The number of esters is 1. The Kier molecular flexibility index (Phi) is 8.93. The number of carbonyl (C=O) groups excluding carboxylic acids is 1. The van der Waals surface area contributed by atoms with E-state index in [4.69, 9.17) is 14.2 Å². The van der Waals surface area contributed by atoms with Gasteiger partial charge in [-0.25, -0.2) is 10.9 Å². The lowest BCUT2D eigenvalue weighted by Crippen LogP contribution is -2.24. The van der Waals surface area contributed by atoms with Crippen molar-refractivity contribution >= 4 is 28.6 Å². The van der Waals surface area contributed by atoms with Crippen molar-refractivity contribution in [2.75, 3.05) is 42.2 Å². The maximum atomic E-state index is 11.6. The minimum atomic E-state index is -0.0935. The Morgan fingerprint density at radius 1 is 1.29 bits per heavy atom. The zero-order chi connectivity index (χ0) is 14.8. The van der Waals surface area contributed by atoms with E-state index in [1.165, 1.54) is 28.8 Å². The number of thiol groups is 1. The van der Waals surface area contributed by atoms with Crippen LogP contribution < -0.4 is 0 Å². The number of unbranched alkanes of at least 4 members (excludes halogenated alkanes) is 1. The van der Waals surface area contributed by atoms with Crippen LogP contribution in [0.2, 0.25) is 0 Å². The summed E-state index contributed by atoms with van der Waals surface area (Å²) in [4.78, 5) is 11.6. The number of ether oxygens (including phenoxy) is 3. The van der Waals surface area contributed by atoms with Crippen LogP contribution in [0.3, 0.4) is 0 Å². The van der Waals surface area contributed by atoms with Gasteiger partial charge in [-0.1, -0.05) is 0 Å². The van der Waals surface area contributed by atoms with Crippen LogP contribution in [0.25, 0.3) is 0 Å². The zero-order valence-corrected chi connectivity index (χ0v) is 14.5. The molecule has 2 heterocycles. The molecule has 2 rings (SSSR count). The second-order valence-corrected chi connectivity index (χ2v) is 9.59. The van der Waals surface area contributed by atoms with Gasteiger partial charge in [-0.3, -0.25) is 4.79 Å². The van der Waals surface area contributed by atoms with Crippen molar-refractivity contribution < 1.29 is 19.0 Å². The Labute approximate surface area is 135 Å². The normalized spacial score (nSPS) is 27.6. The Balaban J connectivity index is 1.38. The lowest BCUT2D eigenvalue weighted by Gasteiger charge is -2.22.